The summed E-state index contributed by atoms with van der Waals surface area (Å²) in [7, 11) is 1.62. The summed E-state index contributed by atoms with van der Waals surface area (Å²) in [4.78, 5) is 4.56. The van der Waals surface area contributed by atoms with Crippen LogP contribution in [0, 0.1) is 0 Å². The fourth-order valence-electron chi connectivity index (χ4n) is 2.85. The predicted octanol–water partition coefficient (Wildman–Crippen LogP) is 6.50. The zero-order valence-electron chi connectivity index (χ0n) is 16.8. The Morgan fingerprint density at radius 2 is 1.84 bits per heavy atom. The molecule has 1 heterocycles. The molecule has 0 aliphatic carbocycles. The number of methoxy groups -OCH3 is 1. The number of aromatic nitrogens is 1. The highest BCUT2D eigenvalue weighted by molar-refractivity contribution is 7.14. The maximum Gasteiger partial charge on any atom is 0.203 e. The van der Waals surface area contributed by atoms with E-state index in [-0.39, 0.29) is 0 Å². The monoisotopic (exact) mass is 449 g/mol. The van der Waals surface area contributed by atoms with Gasteiger partial charge in [0, 0.05) is 16.0 Å². The van der Waals surface area contributed by atoms with Gasteiger partial charge >= 0.3 is 0 Å². The number of thiazole rings is 1. The Kier molecular flexibility index (Phi) is 6.82. The Morgan fingerprint density at radius 1 is 1.03 bits per heavy atom. The molecule has 0 aliphatic rings. The number of hydrogen-bond donors (Lipinski definition) is 1. The zero-order valence-corrected chi connectivity index (χ0v) is 18.4. The summed E-state index contributed by atoms with van der Waals surface area (Å²) in [6, 6.07) is 23.3. The van der Waals surface area contributed by atoms with E-state index in [9.17, 15) is 0 Å². The van der Waals surface area contributed by atoms with Crippen molar-refractivity contribution in [3.05, 3.63) is 94.3 Å². The summed E-state index contributed by atoms with van der Waals surface area (Å²) in [6.45, 7) is 0.427. The minimum atomic E-state index is 0.427. The van der Waals surface area contributed by atoms with Crippen molar-refractivity contribution in [2.24, 2.45) is 5.10 Å². The van der Waals surface area contributed by atoms with Gasteiger partial charge in [-0.2, -0.15) is 5.10 Å². The average Bonchev–Trinajstić information content (AvgIpc) is 3.28. The highest BCUT2D eigenvalue weighted by atomic mass is 35.5. The van der Waals surface area contributed by atoms with Gasteiger partial charge in [0.05, 0.1) is 19.0 Å². The van der Waals surface area contributed by atoms with Crippen LogP contribution in [0.25, 0.3) is 11.3 Å². The number of anilines is 1. The molecule has 0 aliphatic heterocycles. The van der Waals surface area contributed by atoms with Crippen LogP contribution in [0.4, 0.5) is 5.13 Å². The first kappa shape index (κ1) is 20.9. The van der Waals surface area contributed by atoms with E-state index in [1.54, 1.807) is 13.3 Å². The van der Waals surface area contributed by atoms with Crippen LogP contribution in [0.1, 0.15) is 11.1 Å². The van der Waals surface area contributed by atoms with Gasteiger partial charge in [0.25, 0.3) is 0 Å². The van der Waals surface area contributed by atoms with Gasteiger partial charge in [-0.3, -0.25) is 5.43 Å². The van der Waals surface area contributed by atoms with Gasteiger partial charge in [-0.15, -0.1) is 11.3 Å². The normalized spacial score (nSPS) is 10.9. The van der Waals surface area contributed by atoms with Crippen LogP contribution in [0.5, 0.6) is 11.5 Å². The summed E-state index contributed by atoms with van der Waals surface area (Å²) in [5.74, 6) is 1.30. The van der Waals surface area contributed by atoms with Crippen molar-refractivity contribution in [3.63, 3.8) is 0 Å². The van der Waals surface area contributed by atoms with Crippen LogP contribution in [-0.4, -0.2) is 18.3 Å². The van der Waals surface area contributed by atoms with E-state index >= 15 is 0 Å². The van der Waals surface area contributed by atoms with Crippen LogP contribution in [0.15, 0.2) is 83.3 Å². The molecule has 3 aromatic carbocycles. The van der Waals surface area contributed by atoms with Crippen molar-refractivity contribution < 1.29 is 9.47 Å². The number of rotatable bonds is 8. The first-order valence-electron chi connectivity index (χ1n) is 9.56. The van der Waals surface area contributed by atoms with Crippen LogP contribution < -0.4 is 14.9 Å². The van der Waals surface area contributed by atoms with Gasteiger partial charge < -0.3 is 9.47 Å². The van der Waals surface area contributed by atoms with Crippen LogP contribution in [-0.2, 0) is 6.61 Å². The van der Waals surface area contributed by atoms with Crippen molar-refractivity contribution in [3.8, 4) is 22.8 Å². The Balaban J connectivity index is 1.38. The Bertz CT molecular complexity index is 1160. The van der Waals surface area contributed by atoms with E-state index in [1.807, 2.05) is 78.2 Å². The molecule has 0 amide bonds. The third kappa shape index (κ3) is 5.63. The highest BCUT2D eigenvalue weighted by Gasteiger charge is 2.06. The first-order chi connectivity index (χ1) is 15.2. The number of hydrazone groups is 1. The second-order valence-corrected chi connectivity index (χ2v) is 7.89. The quantitative estimate of drug-likeness (QED) is 0.246. The minimum Gasteiger partial charge on any atom is -0.493 e. The molecule has 0 radical (unpaired) electrons. The van der Waals surface area contributed by atoms with Crippen molar-refractivity contribution in [1.29, 1.82) is 0 Å². The van der Waals surface area contributed by atoms with Gasteiger partial charge in [0.2, 0.25) is 5.13 Å². The third-order valence-electron chi connectivity index (χ3n) is 4.44. The topological polar surface area (TPSA) is 55.7 Å². The van der Waals surface area contributed by atoms with Crippen LogP contribution in [0.3, 0.4) is 0 Å². The van der Waals surface area contributed by atoms with Crippen molar-refractivity contribution >= 4 is 34.3 Å². The molecule has 156 valence electrons. The molecule has 0 unspecified atom stereocenters. The molecule has 0 saturated carbocycles. The molecule has 0 spiro atoms. The third-order valence-corrected chi connectivity index (χ3v) is 5.44. The molecule has 31 heavy (non-hydrogen) atoms. The standard InChI is InChI=1S/C24H20ClN3O2S/c1-29-23-13-18(9-12-22(23)30-15-17-7-10-20(25)11-8-17)14-26-28-24-27-21(16-31-24)19-5-3-2-4-6-19/h2-14,16H,15H2,1H3,(H,27,28)/b26-14+. The smallest absolute Gasteiger partial charge is 0.203 e. The Morgan fingerprint density at radius 3 is 2.61 bits per heavy atom. The fourth-order valence-corrected chi connectivity index (χ4v) is 3.65. The molecule has 1 N–H and O–H groups in total. The van der Waals surface area contributed by atoms with Crippen molar-refractivity contribution in [2.75, 3.05) is 12.5 Å². The van der Waals surface area contributed by atoms with Crippen LogP contribution in [0.2, 0.25) is 5.02 Å². The summed E-state index contributed by atoms with van der Waals surface area (Å²) in [5.41, 5.74) is 6.89. The summed E-state index contributed by atoms with van der Waals surface area (Å²) in [6.07, 6.45) is 1.72. The molecule has 4 rings (SSSR count). The molecule has 1 aromatic heterocycles. The lowest BCUT2D eigenvalue weighted by molar-refractivity contribution is 0.284. The van der Waals surface area contributed by atoms with E-state index in [2.05, 4.69) is 15.5 Å². The van der Waals surface area contributed by atoms with E-state index in [0.717, 1.165) is 27.5 Å². The largest absolute Gasteiger partial charge is 0.493 e. The Labute approximate surface area is 190 Å². The number of halogens is 1. The molecule has 4 aromatic rings. The molecule has 0 atom stereocenters. The summed E-state index contributed by atoms with van der Waals surface area (Å²) >= 11 is 7.43. The molecule has 7 heteroatoms. The zero-order chi connectivity index (χ0) is 21.5. The number of ether oxygens (including phenoxy) is 2. The lowest BCUT2D eigenvalue weighted by Gasteiger charge is -2.11. The lowest BCUT2D eigenvalue weighted by atomic mass is 10.2. The van der Waals surface area contributed by atoms with Gasteiger partial charge in [-0.25, -0.2) is 4.98 Å². The number of nitrogens with zero attached hydrogens (tertiary/aromatic N) is 2. The van der Waals surface area contributed by atoms with Gasteiger partial charge in [0.1, 0.15) is 6.61 Å². The van der Waals surface area contributed by atoms with E-state index in [0.29, 0.717) is 23.1 Å². The van der Waals surface area contributed by atoms with E-state index < -0.39 is 0 Å². The maximum atomic E-state index is 5.92. The summed E-state index contributed by atoms with van der Waals surface area (Å²) in [5, 5.41) is 7.72. The van der Waals surface area contributed by atoms with Gasteiger partial charge in [0.15, 0.2) is 11.5 Å². The highest BCUT2D eigenvalue weighted by Crippen LogP contribution is 2.29. The van der Waals surface area contributed by atoms with E-state index in [4.69, 9.17) is 21.1 Å². The minimum absolute atomic E-state index is 0.427. The number of benzene rings is 3. The fraction of sp³-hybridized carbons (Fsp3) is 0.0833. The number of nitrogens with one attached hydrogen (secondary N) is 1. The molecular formula is C24H20ClN3O2S. The number of hydrogen-bond acceptors (Lipinski definition) is 6. The Hall–Kier alpha value is -3.35. The second kappa shape index (κ2) is 10.1. The SMILES string of the molecule is COc1cc(/C=N/Nc2nc(-c3ccccc3)cs2)ccc1OCc1ccc(Cl)cc1. The first-order valence-corrected chi connectivity index (χ1v) is 10.8. The van der Waals surface area contributed by atoms with Crippen LogP contribution >= 0.6 is 22.9 Å². The second-order valence-electron chi connectivity index (χ2n) is 6.60. The predicted molar refractivity (Wildman–Crippen MR) is 128 cm³/mol. The van der Waals surface area contributed by atoms with Crippen molar-refractivity contribution in [2.45, 2.75) is 6.61 Å². The lowest BCUT2D eigenvalue weighted by Crippen LogP contribution is -1.98. The summed E-state index contributed by atoms with van der Waals surface area (Å²) < 4.78 is 11.4. The van der Waals surface area contributed by atoms with Crippen molar-refractivity contribution in [1.82, 2.24) is 4.98 Å². The maximum absolute atomic E-state index is 5.92. The average molecular weight is 450 g/mol. The molecule has 5 nitrogen and oxygen atoms in total. The molecular weight excluding hydrogens is 430 g/mol. The molecule has 0 bridgehead atoms. The van der Waals surface area contributed by atoms with E-state index in [1.165, 1.54) is 11.3 Å². The van der Waals surface area contributed by atoms with Gasteiger partial charge in [-0.05, 0) is 41.5 Å². The molecule has 0 saturated heterocycles. The molecule has 0 fully saturated rings. The van der Waals surface area contributed by atoms with Gasteiger partial charge in [-0.1, -0.05) is 54.1 Å².